The van der Waals surface area contributed by atoms with E-state index in [9.17, 15) is 14.7 Å². The lowest BCUT2D eigenvalue weighted by Gasteiger charge is -2.61. The maximum Gasteiger partial charge on any atom is 0.322 e. The first kappa shape index (κ1) is 26.0. The monoisotopic (exact) mass is 475 g/mol. The van der Waals surface area contributed by atoms with Crippen molar-refractivity contribution in [3.8, 4) is 0 Å². The van der Waals surface area contributed by atoms with Crippen LogP contribution in [0, 0.1) is 58.2 Å². The molecule has 0 bridgehead atoms. The number of carboxylic acids is 1. The molecule has 0 aliphatic heterocycles. The molecular weight excluding hydrogens is 426 g/mol. The van der Waals surface area contributed by atoms with E-state index in [2.05, 4.69) is 33.0 Å². The van der Waals surface area contributed by atoms with Crippen LogP contribution in [0.2, 0.25) is 0 Å². The predicted molar refractivity (Wildman–Crippen MR) is 134 cm³/mol. The van der Waals surface area contributed by atoms with Gasteiger partial charge in [-0.25, -0.2) is 0 Å². The Morgan fingerprint density at radius 3 is 2.32 bits per heavy atom. The summed E-state index contributed by atoms with van der Waals surface area (Å²) in [5.41, 5.74) is 0.840. The van der Waals surface area contributed by atoms with Gasteiger partial charge in [-0.15, -0.1) is 0 Å². The summed E-state index contributed by atoms with van der Waals surface area (Å²) >= 11 is 0. The predicted octanol–water partition coefficient (Wildman–Crippen LogP) is 5.51. The third-order valence-corrected chi connectivity index (χ3v) is 11.8. The minimum absolute atomic E-state index is 0.0733. The Balaban J connectivity index is 1.40. The van der Waals surface area contributed by atoms with Crippen molar-refractivity contribution in [1.29, 1.82) is 0 Å². The number of nitrogens with one attached hydrogen (secondary N) is 1. The standard InChI is InChI=1S/C29H49NO4/c1-17(19(3)27(34)30-16-26(32)33)14-18(2)23-8-9-24-22-7-6-20-15-21(31)10-12-28(20,4)25(22)11-13-29(23,24)5/h17-25,31H,6-16H2,1-5H3,(H,30,34)(H,32,33). The van der Waals surface area contributed by atoms with E-state index in [1.807, 2.05) is 6.92 Å². The van der Waals surface area contributed by atoms with Crippen LogP contribution in [0.3, 0.4) is 0 Å². The Hall–Kier alpha value is -1.10. The number of aliphatic carboxylic acids is 1. The first-order valence-electron chi connectivity index (χ1n) is 14.1. The number of carbonyl (C=O) groups is 2. The van der Waals surface area contributed by atoms with E-state index < -0.39 is 5.97 Å². The van der Waals surface area contributed by atoms with Gasteiger partial charge in [-0.1, -0.05) is 34.6 Å². The lowest BCUT2D eigenvalue weighted by molar-refractivity contribution is -0.138. The van der Waals surface area contributed by atoms with E-state index in [4.69, 9.17) is 5.11 Å². The van der Waals surface area contributed by atoms with Crippen molar-refractivity contribution in [3.05, 3.63) is 0 Å². The Bertz CT molecular complexity index is 769. The molecule has 0 spiro atoms. The second-order valence-electron chi connectivity index (χ2n) is 13.4. The summed E-state index contributed by atoms with van der Waals surface area (Å²) in [6, 6.07) is 0. The fourth-order valence-corrected chi connectivity index (χ4v) is 9.75. The molecule has 1 amide bonds. The molecule has 5 nitrogen and oxygen atoms in total. The molecule has 5 heteroatoms. The van der Waals surface area contributed by atoms with Gasteiger partial charge in [0, 0.05) is 5.92 Å². The average molecular weight is 476 g/mol. The summed E-state index contributed by atoms with van der Waals surface area (Å²) in [5.74, 6) is 3.47. The molecule has 4 aliphatic carbocycles. The van der Waals surface area contributed by atoms with Gasteiger partial charge in [0.15, 0.2) is 0 Å². The molecule has 0 aromatic carbocycles. The molecule has 3 N–H and O–H groups in total. The van der Waals surface area contributed by atoms with Gasteiger partial charge in [-0.05, 0) is 116 Å². The van der Waals surface area contributed by atoms with Crippen LogP contribution in [0.4, 0.5) is 0 Å². The van der Waals surface area contributed by atoms with Gasteiger partial charge in [0.1, 0.15) is 6.54 Å². The van der Waals surface area contributed by atoms with Crippen LogP contribution in [0.5, 0.6) is 0 Å². The normalized spacial score (nSPS) is 44.2. The second kappa shape index (κ2) is 9.75. The van der Waals surface area contributed by atoms with Crippen molar-refractivity contribution in [2.75, 3.05) is 6.54 Å². The Morgan fingerprint density at radius 2 is 1.62 bits per heavy atom. The molecule has 4 fully saturated rings. The quantitative estimate of drug-likeness (QED) is 0.453. The summed E-state index contributed by atoms with van der Waals surface area (Å²) in [7, 11) is 0. The van der Waals surface area contributed by atoms with Gasteiger partial charge in [-0.3, -0.25) is 9.59 Å². The van der Waals surface area contributed by atoms with Crippen molar-refractivity contribution in [3.63, 3.8) is 0 Å². The Labute approximate surface area is 206 Å². The summed E-state index contributed by atoms with van der Waals surface area (Å²) in [6.45, 7) is 11.4. The van der Waals surface area contributed by atoms with Crippen LogP contribution in [-0.4, -0.2) is 34.7 Å². The number of rotatable bonds is 7. The summed E-state index contributed by atoms with van der Waals surface area (Å²) in [6.07, 6.45) is 12.2. The summed E-state index contributed by atoms with van der Waals surface area (Å²) < 4.78 is 0. The first-order chi connectivity index (χ1) is 16.0. The highest BCUT2D eigenvalue weighted by Crippen LogP contribution is 2.68. The fourth-order valence-electron chi connectivity index (χ4n) is 9.75. The Morgan fingerprint density at radius 1 is 0.941 bits per heavy atom. The fraction of sp³-hybridized carbons (Fsp3) is 0.931. The van der Waals surface area contributed by atoms with Crippen molar-refractivity contribution < 1.29 is 19.8 Å². The van der Waals surface area contributed by atoms with E-state index in [1.165, 1.54) is 44.9 Å². The molecule has 0 radical (unpaired) electrons. The highest BCUT2D eigenvalue weighted by molar-refractivity contribution is 5.82. The van der Waals surface area contributed by atoms with Crippen LogP contribution in [0.15, 0.2) is 0 Å². The van der Waals surface area contributed by atoms with Crippen LogP contribution < -0.4 is 5.32 Å². The summed E-state index contributed by atoms with van der Waals surface area (Å²) in [4.78, 5) is 23.2. The Kier molecular flexibility index (Phi) is 7.45. The third-order valence-electron chi connectivity index (χ3n) is 11.8. The van der Waals surface area contributed by atoms with Crippen LogP contribution in [0.25, 0.3) is 0 Å². The van der Waals surface area contributed by atoms with Gasteiger partial charge >= 0.3 is 5.97 Å². The number of aliphatic hydroxyl groups is 1. The van der Waals surface area contributed by atoms with Gasteiger partial charge in [-0.2, -0.15) is 0 Å². The van der Waals surface area contributed by atoms with E-state index in [0.717, 1.165) is 37.0 Å². The molecule has 11 atom stereocenters. The van der Waals surface area contributed by atoms with Gasteiger partial charge in [0.05, 0.1) is 6.10 Å². The second-order valence-corrected chi connectivity index (χ2v) is 13.4. The van der Waals surface area contributed by atoms with Crippen molar-refractivity contribution >= 4 is 11.9 Å². The smallest absolute Gasteiger partial charge is 0.322 e. The van der Waals surface area contributed by atoms with E-state index in [-0.39, 0.29) is 30.4 Å². The van der Waals surface area contributed by atoms with Gasteiger partial charge in [0.2, 0.25) is 5.91 Å². The zero-order valence-corrected chi connectivity index (χ0v) is 22.2. The molecule has 4 rings (SSSR count). The number of carbonyl (C=O) groups excluding carboxylic acids is 1. The minimum atomic E-state index is -0.991. The SMILES string of the molecule is CC(CC(C)C1CCC2C3CCC4CC(O)CCC4(C)C3CCC12C)C(C)C(=O)NCC(=O)O. The minimum Gasteiger partial charge on any atom is -0.480 e. The van der Waals surface area contributed by atoms with Gasteiger partial charge < -0.3 is 15.5 Å². The largest absolute Gasteiger partial charge is 0.480 e. The first-order valence-corrected chi connectivity index (χ1v) is 14.1. The number of amides is 1. The zero-order chi connectivity index (χ0) is 24.8. The van der Waals surface area contributed by atoms with Crippen molar-refractivity contribution in [2.24, 2.45) is 58.2 Å². The maximum atomic E-state index is 12.4. The molecular formula is C29H49NO4. The third kappa shape index (κ3) is 4.55. The van der Waals surface area contributed by atoms with Crippen LogP contribution in [-0.2, 0) is 9.59 Å². The maximum absolute atomic E-state index is 12.4. The molecule has 11 unspecified atom stereocenters. The number of hydrogen-bond donors (Lipinski definition) is 3. The average Bonchev–Trinajstić information content (AvgIpc) is 3.14. The lowest BCUT2D eigenvalue weighted by Crippen LogP contribution is -2.54. The molecule has 0 heterocycles. The molecule has 4 saturated carbocycles. The van der Waals surface area contributed by atoms with Crippen LogP contribution in [0.1, 0.15) is 98.8 Å². The molecule has 0 aromatic heterocycles. The molecule has 34 heavy (non-hydrogen) atoms. The summed E-state index contributed by atoms with van der Waals surface area (Å²) in [5, 5.41) is 21.7. The van der Waals surface area contributed by atoms with E-state index in [0.29, 0.717) is 28.6 Å². The molecule has 0 aromatic rings. The van der Waals surface area contributed by atoms with E-state index >= 15 is 0 Å². The number of carboxylic acid groups (broad SMARTS) is 1. The highest BCUT2D eigenvalue weighted by atomic mass is 16.4. The van der Waals surface area contributed by atoms with Crippen molar-refractivity contribution in [2.45, 2.75) is 105 Å². The van der Waals surface area contributed by atoms with Crippen molar-refractivity contribution in [1.82, 2.24) is 5.32 Å². The highest BCUT2D eigenvalue weighted by Gasteiger charge is 2.60. The van der Waals surface area contributed by atoms with E-state index in [1.54, 1.807) is 0 Å². The number of aliphatic hydroxyl groups excluding tert-OH is 1. The lowest BCUT2D eigenvalue weighted by atomic mass is 9.44. The zero-order valence-electron chi connectivity index (χ0n) is 22.2. The van der Waals surface area contributed by atoms with Crippen LogP contribution >= 0.6 is 0 Å². The molecule has 4 aliphatic rings. The number of hydrogen-bond acceptors (Lipinski definition) is 3. The molecule has 0 saturated heterocycles. The van der Waals surface area contributed by atoms with Gasteiger partial charge in [0.25, 0.3) is 0 Å². The molecule has 194 valence electrons. The number of fused-ring (bicyclic) bond motifs is 5. The topological polar surface area (TPSA) is 86.6 Å².